The van der Waals surface area contributed by atoms with E-state index in [1.165, 1.54) is 0 Å². The van der Waals surface area contributed by atoms with Gasteiger partial charge in [0.25, 0.3) is 0 Å². The van der Waals surface area contributed by atoms with Crippen molar-refractivity contribution in [3.05, 3.63) is 54.6 Å². The highest BCUT2D eigenvalue weighted by atomic mass is 16.5. The fourth-order valence-corrected chi connectivity index (χ4v) is 2.60. The predicted octanol–water partition coefficient (Wildman–Crippen LogP) is 2.69. The van der Waals surface area contributed by atoms with E-state index in [0.717, 1.165) is 25.0 Å². The maximum absolute atomic E-state index is 12.6. The summed E-state index contributed by atoms with van der Waals surface area (Å²) in [6.45, 7) is 1.88. The number of amides is 2. The molecule has 0 unspecified atom stereocenters. The van der Waals surface area contributed by atoms with Gasteiger partial charge in [0.15, 0.2) is 0 Å². The lowest BCUT2D eigenvalue weighted by molar-refractivity contribution is 0.0819. The highest BCUT2D eigenvalue weighted by molar-refractivity contribution is 5.89. The molecule has 2 aromatic heterocycles. The maximum Gasteiger partial charge on any atom is 0.322 e. The van der Waals surface area contributed by atoms with E-state index in [-0.39, 0.29) is 12.1 Å². The Morgan fingerprint density at radius 1 is 1.26 bits per heavy atom. The molecule has 0 bridgehead atoms. The Bertz CT molecular complexity index is 615. The van der Waals surface area contributed by atoms with E-state index in [1.807, 2.05) is 18.2 Å². The average Bonchev–Trinajstić information content (AvgIpc) is 3.09. The number of rotatable bonds is 5. The number of aromatic nitrogens is 2. The van der Waals surface area contributed by atoms with Crippen molar-refractivity contribution in [2.75, 3.05) is 18.5 Å². The molecule has 0 radical (unpaired) electrons. The van der Waals surface area contributed by atoms with E-state index in [2.05, 4.69) is 15.3 Å². The molecule has 6 heteroatoms. The number of pyridine rings is 2. The minimum Gasteiger partial charge on any atom is -0.376 e. The molecule has 2 aromatic rings. The molecule has 3 rings (SSSR count). The summed E-state index contributed by atoms with van der Waals surface area (Å²) in [5, 5.41) is 2.89. The largest absolute Gasteiger partial charge is 0.376 e. The summed E-state index contributed by atoms with van der Waals surface area (Å²) >= 11 is 0. The molecule has 0 saturated carbocycles. The normalized spacial score (nSPS) is 17.0. The van der Waals surface area contributed by atoms with Crippen molar-refractivity contribution < 1.29 is 9.53 Å². The quantitative estimate of drug-likeness (QED) is 0.921. The Balaban J connectivity index is 1.69. The van der Waals surface area contributed by atoms with Crippen LogP contribution >= 0.6 is 0 Å². The summed E-state index contributed by atoms with van der Waals surface area (Å²) in [4.78, 5) is 22.4. The Morgan fingerprint density at radius 3 is 2.83 bits per heavy atom. The topological polar surface area (TPSA) is 67.4 Å². The molecule has 0 spiro atoms. The third-order valence-electron chi connectivity index (χ3n) is 3.77. The van der Waals surface area contributed by atoms with Crippen LogP contribution in [0.4, 0.5) is 10.5 Å². The standard InChI is InChI=1S/C17H20N4O2/c22-17(20-15-3-1-7-19-11-15)21(13-16-4-2-10-23-16)12-14-5-8-18-9-6-14/h1,3,5-9,11,16H,2,4,10,12-13H2,(H,20,22)/t16-/m1/s1. The van der Waals surface area contributed by atoms with Gasteiger partial charge in [-0.05, 0) is 42.7 Å². The van der Waals surface area contributed by atoms with E-state index in [4.69, 9.17) is 4.74 Å². The van der Waals surface area contributed by atoms with Gasteiger partial charge >= 0.3 is 6.03 Å². The van der Waals surface area contributed by atoms with Crippen molar-refractivity contribution in [3.8, 4) is 0 Å². The van der Waals surface area contributed by atoms with E-state index in [0.29, 0.717) is 18.8 Å². The number of carbonyl (C=O) groups excluding carboxylic acids is 1. The molecule has 1 atom stereocenters. The van der Waals surface area contributed by atoms with Crippen LogP contribution in [0.3, 0.4) is 0 Å². The molecule has 1 aliphatic rings. The molecule has 0 aliphatic carbocycles. The molecule has 3 heterocycles. The first kappa shape index (κ1) is 15.4. The SMILES string of the molecule is O=C(Nc1cccnc1)N(Cc1ccncc1)C[C@H]1CCCO1. The molecule has 120 valence electrons. The molecule has 1 fully saturated rings. The van der Waals surface area contributed by atoms with E-state index < -0.39 is 0 Å². The van der Waals surface area contributed by atoms with Gasteiger partial charge in [-0.1, -0.05) is 0 Å². The molecule has 0 aromatic carbocycles. The number of nitrogens with zero attached hydrogens (tertiary/aromatic N) is 3. The Hall–Kier alpha value is -2.47. The fourth-order valence-electron chi connectivity index (χ4n) is 2.60. The van der Waals surface area contributed by atoms with Crippen molar-refractivity contribution in [1.29, 1.82) is 0 Å². The molecule has 1 saturated heterocycles. The molecule has 1 N–H and O–H groups in total. The highest BCUT2D eigenvalue weighted by Crippen LogP contribution is 2.16. The van der Waals surface area contributed by atoms with Gasteiger partial charge in [0.05, 0.1) is 18.0 Å². The Kier molecular flexibility index (Phi) is 5.16. The third-order valence-corrected chi connectivity index (χ3v) is 3.77. The smallest absolute Gasteiger partial charge is 0.322 e. The first-order valence-corrected chi connectivity index (χ1v) is 7.78. The van der Waals surface area contributed by atoms with Gasteiger partial charge in [-0.2, -0.15) is 0 Å². The Labute approximate surface area is 135 Å². The monoisotopic (exact) mass is 312 g/mol. The molecule has 6 nitrogen and oxygen atoms in total. The van der Waals surface area contributed by atoms with Gasteiger partial charge < -0.3 is 15.0 Å². The summed E-state index contributed by atoms with van der Waals surface area (Å²) in [7, 11) is 0. The van der Waals surface area contributed by atoms with Crippen LogP contribution in [0.2, 0.25) is 0 Å². The number of ether oxygens (including phenoxy) is 1. The van der Waals surface area contributed by atoms with Gasteiger partial charge in [-0.25, -0.2) is 4.79 Å². The summed E-state index contributed by atoms with van der Waals surface area (Å²) in [6.07, 6.45) is 8.93. The van der Waals surface area contributed by atoms with Gasteiger partial charge in [0.2, 0.25) is 0 Å². The summed E-state index contributed by atoms with van der Waals surface area (Å²) in [5.74, 6) is 0. The molecule has 2 amide bonds. The number of hydrogen-bond donors (Lipinski definition) is 1. The van der Waals surface area contributed by atoms with Crippen molar-refractivity contribution in [2.24, 2.45) is 0 Å². The number of urea groups is 1. The van der Waals surface area contributed by atoms with Crippen LogP contribution in [0.15, 0.2) is 49.1 Å². The van der Waals surface area contributed by atoms with Crippen molar-refractivity contribution >= 4 is 11.7 Å². The van der Waals surface area contributed by atoms with E-state index in [1.54, 1.807) is 35.8 Å². The molecule has 23 heavy (non-hydrogen) atoms. The first-order valence-electron chi connectivity index (χ1n) is 7.78. The van der Waals surface area contributed by atoms with Gasteiger partial charge in [-0.3, -0.25) is 9.97 Å². The zero-order valence-electron chi connectivity index (χ0n) is 12.9. The van der Waals surface area contributed by atoms with Gasteiger partial charge in [0.1, 0.15) is 0 Å². The van der Waals surface area contributed by atoms with Crippen LogP contribution in [0.1, 0.15) is 18.4 Å². The second-order valence-corrected chi connectivity index (χ2v) is 5.54. The van der Waals surface area contributed by atoms with Crippen LogP contribution in [0.25, 0.3) is 0 Å². The lowest BCUT2D eigenvalue weighted by Gasteiger charge is -2.25. The van der Waals surface area contributed by atoms with Crippen LogP contribution in [-0.2, 0) is 11.3 Å². The van der Waals surface area contributed by atoms with Crippen LogP contribution in [0, 0.1) is 0 Å². The minimum atomic E-state index is -0.148. The number of anilines is 1. The minimum absolute atomic E-state index is 0.108. The van der Waals surface area contributed by atoms with Crippen LogP contribution in [-0.4, -0.2) is 40.2 Å². The first-order chi connectivity index (χ1) is 11.3. The summed E-state index contributed by atoms with van der Waals surface area (Å²) < 4.78 is 5.68. The third kappa shape index (κ3) is 4.50. The fraction of sp³-hybridized carbons (Fsp3) is 0.353. The lowest BCUT2D eigenvalue weighted by atomic mass is 10.2. The zero-order valence-corrected chi connectivity index (χ0v) is 12.9. The van der Waals surface area contributed by atoms with E-state index >= 15 is 0 Å². The van der Waals surface area contributed by atoms with Gasteiger partial charge in [-0.15, -0.1) is 0 Å². The van der Waals surface area contributed by atoms with Crippen molar-refractivity contribution in [2.45, 2.75) is 25.5 Å². The molecule has 1 aliphatic heterocycles. The zero-order chi connectivity index (χ0) is 15.9. The number of carbonyl (C=O) groups is 1. The van der Waals surface area contributed by atoms with Crippen molar-refractivity contribution in [1.82, 2.24) is 14.9 Å². The highest BCUT2D eigenvalue weighted by Gasteiger charge is 2.23. The molecular weight excluding hydrogens is 292 g/mol. The Morgan fingerprint density at radius 2 is 2.13 bits per heavy atom. The van der Waals surface area contributed by atoms with E-state index in [9.17, 15) is 4.79 Å². The number of hydrogen-bond acceptors (Lipinski definition) is 4. The van der Waals surface area contributed by atoms with Gasteiger partial charge in [0, 0.05) is 38.3 Å². The summed E-state index contributed by atoms with van der Waals surface area (Å²) in [5.41, 5.74) is 1.73. The summed E-state index contributed by atoms with van der Waals surface area (Å²) in [6, 6.07) is 7.30. The average molecular weight is 312 g/mol. The van der Waals surface area contributed by atoms with Crippen LogP contribution < -0.4 is 5.32 Å². The number of nitrogens with one attached hydrogen (secondary N) is 1. The lowest BCUT2D eigenvalue weighted by Crippen LogP contribution is -2.39. The van der Waals surface area contributed by atoms with Crippen LogP contribution in [0.5, 0.6) is 0 Å². The second-order valence-electron chi connectivity index (χ2n) is 5.54. The maximum atomic E-state index is 12.6. The molecular formula is C17H20N4O2. The second kappa shape index (κ2) is 7.69. The predicted molar refractivity (Wildman–Crippen MR) is 86.9 cm³/mol. The van der Waals surface area contributed by atoms with Crippen molar-refractivity contribution in [3.63, 3.8) is 0 Å².